The van der Waals surface area contributed by atoms with E-state index in [2.05, 4.69) is 21.2 Å². The lowest BCUT2D eigenvalue weighted by Crippen LogP contribution is -2.51. The molecule has 0 unspecified atom stereocenters. The molecule has 1 saturated carbocycles. The van der Waals surface area contributed by atoms with Gasteiger partial charge in [0, 0.05) is 23.4 Å². The zero-order valence-corrected chi connectivity index (χ0v) is 12.5. The van der Waals surface area contributed by atoms with Crippen molar-refractivity contribution in [3.63, 3.8) is 0 Å². The molecule has 17 heavy (non-hydrogen) atoms. The fourth-order valence-electron chi connectivity index (χ4n) is 2.34. The van der Waals surface area contributed by atoms with Crippen molar-refractivity contribution < 1.29 is 4.79 Å². The van der Waals surface area contributed by atoms with Gasteiger partial charge in [0.1, 0.15) is 0 Å². The number of carbonyl (C=O) groups is 1. The van der Waals surface area contributed by atoms with Crippen LogP contribution in [-0.2, 0) is 4.79 Å². The normalized spacial score (nSPS) is 17.6. The Hall–Kier alpha value is -0.390. The third-order valence-corrected chi connectivity index (χ3v) is 5.23. The number of carbonyl (C=O) groups excluding carboxylic acids is 1. The fraction of sp³-hybridized carbons (Fsp3) is 0.583. The Kier molecular flexibility index (Phi) is 3.90. The molecule has 1 aliphatic carbocycles. The predicted molar refractivity (Wildman–Crippen MR) is 75.6 cm³/mol. The van der Waals surface area contributed by atoms with Gasteiger partial charge in [0.15, 0.2) is 0 Å². The molecular formula is C12H17BrN2OS. The number of rotatable bonds is 4. The highest BCUT2D eigenvalue weighted by atomic mass is 79.9. The first-order valence-corrected chi connectivity index (χ1v) is 7.43. The maximum Gasteiger partial charge on any atom is 0.234 e. The second-order valence-corrected chi connectivity index (χ2v) is 6.44. The van der Waals surface area contributed by atoms with Gasteiger partial charge in [-0.2, -0.15) is 0 Å². The summed E-state index contributed by atoms with van der Waals surface area (Å²) in [6.07, 6.45) is 3.17. The molecule has 1 aliphatic rings. The van der Waals surface area contributed by atoms with Gasteiger partial charge in [-0.1, -0.05) is 6.42 Å². The summed E-state index contributed by atoms with van der Waals surface area (Å²) in [7, 11) is 3.78. The first kappa shape index (κ1) is 13.1. The minimum atomic E-state index is -0.167. The van der Waals surface area contributed by atoms with Crippen molar-refractivity contribution in [1.29, 1.82) is 0 Å². The molecular weight excluding hydrogens is 300 g/mol. The summed E-state index contributed by atoms with van der Waals surface area (Å²) in [5.41, 5.74) is -0.167. The van der Waals surface area contributed by atoms with Gasteiger partial charge in [-0.15, -0.1) is 11.3 Å². The molecule has 1 fully saturated rings. The van der Waals surface area contributed by atoms with Crippen LogP contribution >= 0.6 is 27.3 Å². The summed E-state index contributed by atoms with van der Waals surface area (Å²) in [4.78, 5) is 14.3. The Balaban J connectivity index is 2.13. The third kappa shape index (κ3) is 2.41. The maximum atomic E-state index is 12.5. The molecule has 1 aromatic heterocycles. The lowest BCUT2D eigenvalue weighted by Gasteiger charge is -2.42. The van der Waals surface area contributed by atoms with Gasteiger partial charge in [0.05, 0.1) is 10.4 Å². The van der Waals surface area contributed by atoms with Gasteiger partial charge in [0.25, 0.3) is 0 Å². The van der Waals surface area contributed by atoms with Crippen LogP contribution in [0.2, 0.25) is 0 Å². The van der Waals surface area contributed by atoms with Crippen LogP contribution in [0.25, 0.3) is 0 Å². The molecule has 0 bridgehead atoms. The van der Waals surface area contributed by atoms with Crippen molar-refractivity contribution in [2.75, 3.05) is 25.5 Å². The van der Waals surface area contributed by atoms with E-state index >= 15 is 0 Å². The summed E-state index contributed by atoms with van der Waals surface area (Å²) < 4.78 is 1.04. The van der Waals surface area contributed by atoms with E-state index in [-0.39, 0.29) is 11.3 Å². The number of halogens is 1. The van der Waals surface area contributed by atoms with Crippen molar-refractivity contribution in [3.05, 3.63) is 15.9 Å². The lowest BCUT2D eigenvalue weighted by atomic mass is 9.67. The lowest BCUT2D eigenvalue weighted by molar-refractivity contribution is -0.132. The van der Waals surface area contributed by atoms with Crippen molar-refractivity contribution in [1.82, 2.24) is 5.32 Å². The van der Waals surface area contributed by atoms with Crippen molar-refractivity contribution >= 4 is 38.2 Å². The van der Waals surface area contributed by atoms with E-state index in [1.54, 1.807) is 16.2 Å². The van der Waals surface area contributed by atoms with E-state index in [1.165, 1.54) is 0 Å². The van der Waals surface area contributed by atoms with Gasteiger partial charge in [-0.05, 0) is 41.9 Å². The van der Waals surface area contributed by atoms with E-state index in [0.717, 1.165) is 35.3 Å². The second-order valence-electron chi connectivity index (χ2n) is 4.63. The maximum absolute atomic E-state index is 12.5. The van der Waals surface area contributed by atoms with Crippen molar-refractivity contribution in [2.45, 2.75) is 19.3 Å². The molecule has 0 saturated heterocycles. The average Bonchev–Trinajstić information content (AvgIpc) is 2.68. The number of nitrogens with one attached hydrogen (secondary N) is 1. The van der Waals surface area contributed by atoms with E-state index < -0.39 is 0 Å². The van der Waals surface area contributed by atoms with E-state index in [4.69, 9.17) is 0 Å². The van der Waals surface area contributed by atoms with E-state index in [9.17, 15) is 4.79 Å². The molecule has 2 rings (SSSR count). The summed E-state index contributed by atoms with van der Waals surface area (Å²) in [6.45, 7) is 0.780. The van der Waals surface area contributed by atoms with Gasteiger partial charge >= 0.3 is 0 Å². The largest absolute Gasteiger partial charge is 0.319 e. The minimum absolute atomic E-state index is 0.167. The number of anilines is 1. The van der Waals surface area contributed by atoms with Crippen LogP contribution in [0, 0.1) is 5.41 Å². The summed E-state index contributed by atoms with van der Waals surface area (Å²) in [5, 5.41) is 6.16. The second kappa shape index (κ2) is 5.08. The Morgan fingerprint density at radius 1 is 1.65 bits per heavy atom. The number of amides is 1. The first-order chi connectivity index (χ1) is 8.09. The SMILES string of the molecule is CNCC1(C(=O)N(C)c2cc(Br)cs2)CCC1. The Labute approximate surface area is 114 Å². The predicted octanol–water partition coefficient (Wildman–Crippen LogP) is 2.86. The zero-order valence-electron chi connectivity index (χ0n) is 10.1. The van der Waals surface area contributed by atoms with E-state index in [0.29, 0.717) is 0 Å². The highest BCUT2D eigenvalue weighted by molar-refractivity contribution is 9.10. The smallest absolute Gasteiger partial charge is 0.234 e. The molecule has 1 heterocycles. The molecule has 1 aromatic rings. The zero-order chi connectivity index (χ0) is 12.5. The molecule has 0 aliphatic heterocycles. The van der Waals surface area contributed by atoms with Crippen molar-refractivity contribution in [3.8, 4) is 0 Å². The molecule has 0 aromatic carbocycles. The molecule has 0 radical (unpaired) electrons. The molecule has 0 atom stereocenters. The third-order valence-electron chi connectivity index (χ3n) is 3.47. The summed E-state index contributed by atoms with van der Waals surface area (Å²) in [6, 6.07) is 1.99. The Morgan fingerprint density at radius 2 is 2.35 bits per heavy atom. The monoisotopic (exact) mass is 316 g/mol. The highest BCUT2D eigenvalue weighted by Crippen LogP contribution is 2.43. The molecule has 3 nitrogen and oxygen atoms in total. The van der Waals surface area contributed by atoms with Crippen LogP contribution in [0.1, 0.15) is 19.3 Å². The summed E-state index contributed by atoms with van der Waals surface area (Å²) >= 11 is 5.01. The quantitative estimate of drug-likeness (QED) is 0.926. The molecule has 5 heteroatoms. The topological polar surface area (TPSA) is 32.3 Å². The van der Waals surface area contributed by atoms with Crippen LogP contribution in [0.15, 0.2) is 15.9 Å². The van der Waals surface area contributed by atoms with Gasteiger partial charge in [-0.25, -0.2) is 0 Å². The Morgan fingerprint density at radius 3 is 2.76 bits per heavy atom. The standard InChI is InChI=1S/C12H17BrN2OS/c1-14-8-12(4-3-5-12)11(16)15(2)10-6-9(13)7-17-10/h6-7,14H,3-5,8H2,1-2H3. The van der Waals surface area contributed by atoms with Crippen LogP contribution in [0.4, 0.5) is 5.00 Å². The van der Waals surface area contributed by atoms with Crippen LogP contribution in [0.5, 0.6) is 0 Å². The summed E-state index contributed by atoms with van der Waals surface area (Å²) in [5.74, 6) is 0.243. The molecule has 1 N–H and O–H groups in total. The molecule has 1 amide bonds. The number of hydrogen-bond acceptors (Lipinski definition) is 3. The van der Waals surface area contributed by atoms with Gasteiger partial charge in [-0.3, -0.25) is 4.79 Å². The van der Waals surface area contributed by atoms with Gasteiger partial charge < -0.3 is 10.2 Å². The van der Waals surface area contributed by atoms with E-state index in [1.807, 2.05) is 25.5 Å². The van der Waals surface area contributed by atoms with Gasteiger partial charge in [0.2, 0.25) is 5.91 Å². The molecule has 94 valence electrons. The average molecular weight is 317 g/mol. The fourth-order valence-corrected chi connectivity index (χ4v) is 3.73. The number of thiophene rings is 1. The number of nitrogens with zero attached hydrogens (tertiary/aromatic N) is 1. The van der Waals surface area contributed by atoms with Crippen molar-refractivity contribution in [2.24, 2.45) is 5.41 Å². The minimum Gasteiger partial charge on any atom is -0.319 e. The first-order valence-electron chi connectivity index (χ1n) is 5.76. The van der Waals surface area contributed by atoms with Crippen LogP contribution < -0.4 is 10.2 Å². The van der Waals surface area contributed by atoms with Crippen LogP contribution in [-0.4, -0.2) is 26.5 Å². The molecule has 0 spiro atoms. The number of hydrogen-bond donors (Lipinski definition) is 1. The highest BCUT2D eigenvalue weighted by Gasteiger charge is 2.45. The van der Waals surface area contributed by atoms with Crippen LogP contribution in [0.3, 0.4) is 0 Å². The Bertz CT molecular complexity index is 414.